The van der Waals surface area contributed by atoms with E-state index in [1.54, 1.807) is 18.5 Å². The van der Waals surface area contributed by atoms with Crippen molar-refractivity contribution in [2.24, 2.45) is 5.73 Å². The first kappa shape index (κ1) is 13.9. The van der Waals surface area contributed by atoms with Gasteiger partial charge in [-0.05, 0) is 18.2 Å². The Hall–Kier alpha value is -1.51. The lowest BCUT2D eigenvalue weighted by Gasteiger charge is -2.20. The lowest BCUT2D eigenvalue weighted by molar-refractivity contribution is 0.0768. The van der Waals surface area contributed by atoms with Crippen LogP contribution < -0.4 is 5.73 Å². The number of thioether (sulfide) groups is 1. The second-order valence-corrected chi connectivity index (χ2v) is 5.41. The Labute approximate surface area is 117 Å². The van der Waals surface area contributed by atoms with Gasteiger partial charge in [-0.3, -0.25) is 9.78 Å². The number of aromatic nitrogens is 1. The molecule has 0 bridgehead atoms. The van der Waals surface area contributed by atoms with E-state index in [0.717, 1.165) is 31.0 Å². The van der Waals surface area contributed by atoms with Gasteiger partial charge in [0.15, 0.2) is 0 Å². The Kier molecular flexibility index (Phi) is 5.25. The van der Waals surface area contributed by atoms with Gasteiger partial charge in [0.2, 0.25) is 0 Å². The van der Waals surface area contributed by atoms with Crippen molar-refractivity contribution in [1.82, 2.24) is 9.88 Å². The third kappa shape index (κ3) is 3.72. The van der Waals surface area contributed by atoms with Crippen LogP contribution in [0.2, 0.25) is 0 Å². The Bertz CT molecular complexity index is 499. The number of hydrogen-bond acceptors (Lipinski definition) is 4. The SMILES string of the molecule is NCC#Cc1cnccc1C(=O)N1CCCSCC1. The smallest absolute Gasteiger partial charge is 0.255 e. The van der Waals surface area contributed by atoms with Crippen molar-refractivity contribution in [2.75, 3.05) is 31.1 Å². The number of carbonyl (C=O) groups is 1. The molecule has 0 spiro atoms. The number of nitrogens with zero attached hydrogens (tertiary/aromatic N) is 2. The number of nitrogens with two attached hydrogens (primary N) is 1. The van der Waals surface area contributed by atoms with Gasteiger partial charge in [0.1, 0.15) is 0 Å². The maximum Gasteiger partial charge on any atom is 0.255 e. The summed E-state index contributed by atoms with van der Waals surface area (Å²) in [5, 5.41) is 0. The predicted octanol–water partition coefficient (Wildman–Crippen LogP) is 0.971. The fourth-order valence-corrected chi connectivity index (χ4v) is 2.83. The Morgan fingerprint density at radius 1 is 1.47 bits per heavy atom. The molecular formula is C14H17N3OS. The molecule has 0 atom stereocenters. The molecule has 1 aliphatic heterocycles. The molecule has 0 aliphatic carbocycles. The van der Waals surface area contributed by atoms with Gasteiger partial charge < -0.3 is 10.6 Å². The molecule has 0 unspecified atom stereocenters. The molecule has 1 aliphatic rings. The minimum absolute atomic E-state index is 0.0474. The van der Waals surface area contributed by atoms with Crippen LogP contribution in [0.4, 0.5) is 0 Å². The minimum atomic E-state index is 0.0474. The summed E-state index contributed by atoms with van der Waals surface area (Å²) in [6.45, 7) is 1.90. The number of rotatable bonds is 1. The fourth-order valence-electron chi connectivity index (χ4n) is 1.95. The van der Waals surface area contributed by atoms with Crippen LogP contribution in [0.25, 0.3) is 0 Å². The Balaban J connectivity index is 2.22. The molecular weight excluding hydrogens is 258 g/mol. The minimum Gasteiger partial charge on any atom is -0.338 e. The van der Waals surface area contributed by atoms with Crippen molar-refractivity contribution >= 4 is 17.7 Å². The second kappa shape index (κ2) is 7.17. The lowest BCUT2D eigenvalue weighted by Crippen LogP contribution is -2.33. The third-order valence-electron chi connectivity index (χ3n) is 2.89. The molecule has 5 heteroatoms. The molecule has 0 aromatic carbocycles. The van der Waals surface area contributed by atoms with Gasteiger partial charge in [0.05, 0.1) is 17.7 Å². The number of hydrogen-bond donors (Lipinski definition) is 1. The van der Waals surface area contributed by atoms with E-state index < -0.39 is 0 Å². The fraction of sp³-hybridized carbons (Fsp3) is 0.429. The van der Waals surface area contributed by atoms with E-state index in [2.05, 4.69) is 16.8 Å². The first-order chi connectivity index (χ1) is 9.33. The van der Waals surface area contributed by atoms with Crippen LogP contribution in [0.15, 0.2) is 18.5 Å². The average Bonchev–Trinajstić information content (AvgIpc) is 2.73. The number of carbonyl (C=O) groups excluding carboxylic acids is 1. The van der Waals surface area contributed by atoms with E-state index in [1.165, 1.54) is 0 Å². The second-order valence-electron chi connectivity index (χ2n) is 4.19. The van der Waals surface area contributed by atoms with Crippen LogP contribution in [0.1, 0.15) is 22.3 Å². The highest BCUT2D eigenvalue weighted by molar-refractivity contribution is 7.99. The van der Waals surface area contributed by atoms with Crippen LogP contribution in [0.3, 0.4) is 0 Å². The van der Waals surface area contributed by atoms with Crippen LogP contribution >= 0.6 is 11.8 Å². The summed E-state index contributed by atoms with van der Waals surface area (Å²) in [5.74, 6) is 7.87. The first-order valence-electron chi connectivity index (χ1n) is 6.33. The van der Waals surface area contributed by atoms with Crippen molar-refractivity contribution in [2.45, 2.75) is 6.42 Å². The number of pyridine rings is 1. The quantitative estimate of drug-likeness (QED) is 0.776. The van der Waals surface area contributed by atoms with Gasteiger partial charge >= 0.3 is 0 Å². The molecule has 1 aromatic heterocycles. The summed E-state index contributed by atoms with van der Waals surface area (Å²) in [6, 6.07) is 1.74. The van der Waals surface area contributed by atoms with E-state index >= 15 is 0 Å². The largest absolute Gasteiger partial charge is 0.338 e. The molecule has 100 valence electrons. The summed E-state index contributed by atoms with van der Waals surface area (Å²) in [5.41, 5.74) is 6.66. The van der Waals surface area contributed by atoms with Crippen molar-refractivity contribution < 1.29 is 4.79 Å². The van der Waals surface area contributed by atoms with E-state index in [0.29, 0.717) is 11.1 Å². The van der Waals surface area contributed by atoms with Crippen LogP contribution in [-0.4, -0.2) is 46.9 Å². The number of amides is 1. The molecule has 4 nitrogen and oxygen atoms in total. The van der Waals surface area contributed by atoms with Crippen molar-refractivity contribution in [3.05, 3.63) is 29.6 Å². The zero-order valence-electron chi connectivity index (χ0n) is 10.8. The van der Waals surface area contributed by atoms with Crippen LogP contribution in [0, 0.1) is 11.8 Å². The van der Waals surface area contributed by atoms with Gasteiger partial charge in [0, 0.05) is 31.2 Å². The molecule has 1 aromatic rings. The molecule has 1 saturated heterocycles. The molecule has 1 amide bonds. The highest BCUT2D eigenvalue weighted by Crippen LogP contribution is 2.15. The van der Waals surface area contributed by atoms with E-state index in [-0.39, 0.29) is 12.5 Å². The molecule has 19 heavy (non-hydrogen) atoms. The Morgan fingerprint density at radius 2 is 2.37 bits per heavy atom. The van der Waals surface area contributed by atoms with Gasteiger partial charge in [-0.15, -0.1) is 0 Å². The van der Waals surface area contributed by atoms with E-state index in [4.69, 9.17) is 5.73 Å². The molecule has 0 saturated carbocycles. The summed E-state index contributed by atoms with van der Waals surface area (Å²) in [7, 11) is 0. The van der Waals surface area contributed by atoms with Crippen LogP contribution in [-0.2, 0) is 0 Å². The molecule has 2 N–H and O–H groups in total. The van der Waals surface area contributed by atoms with Gasteiger partial charge in [-0.25, -0.2) is 0 Å². The Morgan fingerprint density at radius 3 is 3.21 bits per heavy atom. The van der Waals surface area contributed by atoms with Gasteiger partial charge in [-0.2, -0.15) is 11.8 Å². The van der Waals surface area contributed by atoms with Crippen molar-refractivity contribution in [3.63, 3.8) is 0 Å². The van der Waals surface area contributed by atoms with Crippen molar-refractivity contribution in [3.8, 4) is 11.8 Å². The maximum absolute atomic E-state index is 12.5. The first-order valence-corrected chi connectivity index (χ1v) is 7.48. The third-order valence-corrected chi connectivity index (χ3v) is 3.93. The summed E-state index contributed by atoms with van der Waals surface area (Å²) >= 11 is 1.90. The lowest BCUT2D eigenvalue weighted by atomic mass is 10.1. The average molecular weight is 275 g/mol. The van der Waals surface area contributed by atoms with Gasteiger partial charge in [0.25, 0.3) is 5.91 Å². The van der Waals surface area contributed by atoms with Crippen molar-refractivity contribution in [1.29, 1.82) is 0 Å². The molecule has 0 radical (unpaired) electrons. The van der Waals surface area contributed by atoms with E-state index in [1.807, 2.05) is 16.7 Å². The maximum atomic E-state index is 12.5. The normalized spacial score (nSPS) is 15.3. The monoisotopic (exact) mass is 275 g/mol. The molecule has 1 fully saturated rings. The highest BCUT2D eigenvalue weighted by atomic mass is 32.2. The van der Waals surface area contributed by atoms with E-state index in [9.17, 15) is 4.79 Å². The summed E-state index contributed by atoms with van der Waals surface area (Å²) in [6.07, 6.45) is 4.31. The summed E-state index contributed by atoms with van der Waals surface area (Å²) < 4.78 is 0. The topological polar surface area (TPSA) is 59.2 Å². The highest BCUT2D eigenvalue weighted by Gasteiger charge is 2.19. The molecule has 2 heterocycles. The molecule has 2 rings (SSSR count). The van der Waals surface area contributed by atoms with Crippen LogP contribution in [0.5, 0.6) is 0 Å². The standard InChI is InChI=1S/C14H17N3OS/c15-5-1-3-12-11-16-6-4-13(12)14(18)17-7-2-9-19-10-8-17/h4,6,11H,2,5,7-10,15H2. The zero-order valence-corrected chi connectivity index (χ0v) is 11.6. The van der Waals surface area contributed by atoms with Gasteiger partial charge in [-0.1, -0.05) is 11.8 Å². The predicted molar refractivity (Wildman–Crippen MR) is 78.0 cm³/mol. The summed E-state index contributed by atoms with van der Waals surface area (Å²) in [4.78, 5) is 18.5. The zero-order chi connectivity index (χ0) is 13.5.